The van der Waals surface area contributed by atoms with Crippen molar-refractivity contribution in [3.05, 3.63) is 71.8 Å². The van der Waals surface area contributed by atoms with Gasteiger partial charge in [0.25, 0.3) is 0 Å². The van der Waals surface area contributed by atoms with Crippen LogP contribution in [-0.4, -0.2) is 5.78 Å². The van der Waals surface area contributed by atoms with E-state index in [1.165, 1.54) is 0 Å². The average Bonchev–Trinajstić information content (AvgIpc) is 2.47. The summed E-state index contributed by atoms with van der Waals surface area (Å²) in [5, 5.41) is 0. The third-order valence-corrected chi connectivity index (χ3v) is 4.04. The lowest BCUT2D eigenvalue weighted by Gasteiger charge is -2.33. The van der Waals surface area contributed by atoms with E-state index < -0.39 is 5.41 Å². The van der Waals surface area contributed by atoms with Gasteiger partial charge in [0.05, 0.1) is 5.41 Å². The van der Waals surface area contributed by atoms with Gasteiger partial charge in [0.2, 0.25) is 0 Å². The van der Waals surface area contributed by atoms with Gasteiger partial charge in [-0.15, -0.1) is 0 Å². The second-order valence-electron chi connectivity index (χ2n) is 5.42. The fourth-order valence-corrected chi connectivity index (χ4v) is 2.40. The van der Waals surface area contributed by atoms with E-state index in [-0.39, 0.29) is 11.7 Å². The summed E-state index contributed by atoms with van der Waals surface area (Å²) in [5.74, 6) is 0.428. The molecule has 1 unspecified atom stereocenters. The van der Waals surface area contributed by atoms with Crippen LogP contribution in [0.4, 0.5) is 0 Å². The zero-order chi connectivity index (χ0) is 13.9. The lowest BCUT2D eigenvalue weighted by atomic mass is 9.68. The van der Waals surface area contributed by atoms with Crippen molar-refractivity contribution >= 4 is 5.78 Å². The normalized spacial score (nSPS) is 14.1. The zero-order valence-corrected chi connectivity index (χ0v) is 11.8. The Morgan fingerprint density at radius 1 is 0.895 bits per heavy atom. The van der Waals surface area contributed by atoms with Gasteiger partial charge in [-0.05, 0) is 18.4 Å². The number of benzene rings is 2. The highest BCUT2D eigenvalue weighted by Crippen LogP contribution is 2.35. The van der Waals surface area contributed by atoms with Crippen molar-refractivity contribution < 1.29 is 4.79 Å². The molecule has 1 atom stereocenters. The highest BCUT2D eigenvalue weighted by atomic mass is 16.1. The maximum atomic E-state index is 12.9. The quantitative estimate of drug-likeness (QED) is 0.733. The molecule has 2 aromatic carbocycles. The number of carbonyl (C=O) groups excluding carboxylic acids is 1. The maximum Gasteiger partial charge on any atom is 0.173 e. The summed E-state index contributed by atoms with van der Waals surface area (Å²) < 4.78 is 0. The van der Waals surface area contributed by atoms with Gasteiger partial charge in [0.1, 0.15) is 0 Å². The van der Waals surface area contributed by atoms with Crippen LogP contribution in [0.25, 0.3) is 0 Å². The van der Waals surface area contributed by atoms with Crippen LogP contribution in [0.3, 0.4) is 0 Å². The van der Waals surface area contributed by atoms with Gasteiger partial charge in [0.15, 0.2) is 5.78 Å². The first-order chi connectivity index (χ1) is 9.06. The first-order valence-electron chi connectivity index (χ1n) is 6.72. The Kier molecular flexibility index (Phi) is 3.84. The molecule has 0 aliphatic heterocycles. The molecular formula is C18H20O. The summed E-state index contributed by atoms with van der Waals surface area (Å²) >= 11 is 0. The van der Waals surface area contributed by atoms with E-state index in [1.807, 2.05) is 67.6 Å². The van der Waals surface area contributed by atoms with Crippen molar-refractivity contribution in [3.8, 4) is 0 Å². The van der Waals surface area contributed by atoms with Crippen LogP contribution in [0.5, 0.6) is 0 Å². The van der Waals surface area contributed by atoms with Gasteiger partial charge in [-0.25, -0.2) is 0 Å². The Hall–Kier alpha value is -1.89. The molecule has 0 aromatic heterocycles. The first-order valence-corrected chi connectivity index (χ1v) is 6.72. The van der Waals surface area contributed by atoms with Crippen molar-refractivity contribution in [2.24, 2.45) is 5.92 Å². The van der Waals surface area contributed by atoms with E-state index in [9.17, 15) is 4.79 Å². The van der Waals surface area contributed by atoms with Gasteiger partial charge in [-0.3, -0.25) is 4.79 Å². The Morgan fingerprint density at radius 3 is 1.84 bits per heavy atom. The largest absolute Gasteiger partial charge is 0.293 e. The summed E-state index contributed by atoms with van der Waals surface area (Å²) in [6, 6.07) is 19.6. The molecule has 0 aliphatic rings. The molecule has 98 valence electrons. The predicted molar refractivity (Wildman–Crippen MR) is 79.4 cm³/mol. The third-order valence-electron chi connectivity index (χ3n) is 4.04. The van der Waals surface area contributed by atoms with E-state index >= 15 is 0 Å². The van der Waals surface area contributed by atoms with Gasteiger partial charge < -0.3 is 0 Å². The lowest BCUT2D eigenvalue weighted by Crippen LogP contribution is -2.38. The molecular weight excluding hydrogens is 232 g/mol. The summed E-state index contributed by atoms with van der Waals surface area (Å²) in [5.41, 5.74) is 1.38. The number of carbonyl (C=O) groups is 1. The van der Waals surface area contributed by atoms with Crippen LogP contribution in [0.2, 0.25) is 0 Å². The minimum Gasteiger partial charge on any atom is -0.293 e. The molecule has 0 aliphatic carbocycles. The molecule has 0 bridgehead atoms. The Balaban J connectivity index is 2.50. The first kappa shape index (κ1) is 13.5. The molecule has 0 heterocycles. The Labute approximate surface area is 115 Å². The molecule has 0 saturated heterocycles. The van der Waals surface area contributed by atoms with Gasteiger partial charge >= 0.3 is 0 Å². The molecule has 0 fully saturated rings. The van der Waals surface area contributed by atoms with Gasteiger partial charge in [-0.2, -0.15) is 0 Å². The monoisotopic (exact) mass is 252 g/mol. The highest BCUT2D eigenvalue weighted by molar-refractivity contribution is 6.04. The number of hydrogen-bond donors (Lipinski definition) is 0. The van der Waals surface area contributed by atoms with Gasteiger partial charge in [-0.1, -0.05) is 74.5 Å². The fourth-order valence-electron chi connectivity index (χ4n) is 2.40. The van der Waals surface area contributed by atoms with E-state index in [0.717, 1.165) is 11.1 Å². The molecule has 0 radical (unpaired) electrons. The molecule has 1 nitrogen and oxygen atoms in total. The van der Waals surface area contributed by atoms with Crippen LogP contribution in [-0.2, 0) is 5.41 Å². The van der Waals surface area contributed by atoms with E-state index in [2.05, 4.69) is 13.8 Å². The summed E-state index contributed by atoms with van der Waals surface area (Å²) in [7, 11) is 0. The lowest BCUT2D eigenvalue weighted by molar-refractivity contribution is 0.0853. The standard InChI is InChI=1S/C18H20O/c1-14(2)18(3,16-12-8-5-9-13-16)17(19)15-10-6-4-7-11-15/h4-14H,1-3H3. The molecule has 0 N–H and O–H groups in total. The highest BCUT2D eigenvalue weighted by Gasteiger charge is 2.38. The third kappa shape index (κ3) is 2.46. The van der Waals surface area contributed by atoms with Crippen molar-refractivity contribution in [1.29, 1.82) is 0 Å². The molecule has 2 rings (SSSR count). The molecule has 2 aromatic rings. The van der Waals surface area contributed by atoms with E-state index in [4.69, 9.17) is 0 Å². The van der Waals surface area contributed by atoms with Gasteiger partial charge in [0, 0.05) is 5.56 Å². The van der Waals surface area contributed by atoms with Crippen LogP contribution in [0.1, 0.15) is 36.7 Å². The Morgan fingerprint density at radius 2 is 1.37 bits per heavy atom. The molecule has 0 saturated carbocycles. The van der Waals surface area contributed by atoms with Crippen molar-refractivity contribution in [2.75, 3.05) is 0 Å². The number of hydrogen-bond acceptors (Lipinski definition) is 1. The number of Topliss-reactive ketones (excluding diaryl/α,β-unsaturated/α-hetero) is 1. The van der Waals surface area contributed by atoms with Crippen LogP contribution >= 0.6 is 0 Å². The average molecular weight is 252 g/mol. The molecule has 19 heavy (non-hydrogen) atoms. The smallest absolute Gasteiger partial charge is 0.173 e. The fraction of sp³-hybridized carbons (Fsp3) is 0.278. The van der Waals surface area contributed by atoms with Crippen LogP contribution in [0.15, 0.2) is 60.7 Å². The maximum absolute atomic E-state index is 12.9. The molecule has 0 spiro atoms. The second-order valence-corrected chi connectivity index (χ2v) is 5.42. The summed E-state index contributed by atoms with van der Waals surface area (Å²) in [4.78, 5) is 12.9. The number of ketones is 1. The predicted octanol–water partition coefficient (Wildman–Crippen LogP) is 4.48. The van der Waals surface area contributed by atoms with Crippen molar-refractivity contribution in [2.45, 2.75) is 26.2 Å². The molecule has 0 amide bonds. The van der Waals surface area contributed by atoms with Crippen molar-refractivity contribution in [3.63, 3.8) is 0 Å². The van der Waals surface area contributed by atoms with E-state index in [0.29, 0.717) is 0 Å². The number of rotatable bonds is 4. The van der Waals surface area contributed by atoms with E-state index in [1.54, 1.807) is 0 Å². The zero-order valence-electron chi connectivity index (χ0n) is 11.8. The minimum absolute atomic E-state index is 0.189. The second kappa shape index (κ2) is 5.40. The summed E-state index contributed by atoms with van der Waals surface area (Å²) in [6.45, 7) is 6.25. The minimum atomic E-state index is -0.484. The van der Waals surface area contributed by atoms with Crippen molar-refractivity contribution in [1.82, 2.24) is 0 Å². The SMILES string of the molecule is CC(C)C(C)(C(=O)c1ccccc1)c1ccccc1. The molecule has 1 heteroatoms. The Bertz CT molecular complexity index is 542. The topological polar surface area (TPSA) is 17.1 Å². The van der Waals surface area contributed by atoms with Crippen LogP contribution in [0, 0.1) is 5.92 Å². The van der Waals surface area contributed by atoms with Crippen LogP contribution < -0.4 is 0 Å². The summed E-state index contributed by atoms with van der Waals surface area (Å²) in [6.07, 6.45) is 0.